The van der Waals surface area contributed by atoms with Gasteiger partial charge in [-0.2, -0.15) is 0 Å². The first-order valence-electron chi connectivity index (χ1n) is 5.04. The standard InChI is InChI=1S/C12H14O3/c1-15-11-6-8-4-2-3-5-9(8)10(11)7-12(13)14/h2-5,10-11H,6-7H2,1H3,(H,13,14). The molecule has 0 bridgehead atoms. The van der Waals surface area contributed by atoms with Crippen LogP contribution in [0, 0.1) is 0 Å². The van der Waals surface area contributed by atoms with Crippen LogP contribution in [0.2, 0.25) is 0 Å². The Morgan fingerprint density at radius 2 is 2.27 bits per heavy atom. The van der Waals surface area contributed by atoms with Crippen molar-refractivity contribution in [1.82, 2.24) is 0 Å². The van der Waals surface area contributed by atoms with E-state index in [1.165, 1.54) is 5.56 Å². The van der Waals surface area contributed by atoms with Crippen molar-refractivity contribution in [3.05, 3.63) is 35.4 Å². The maximum Gasteiger partial charge on any atom is 0.304 e. The van der Waals surface area contributed by atoms with Gasteiger partial charge in [0.2, 0.25) is 0 Å². The van der Waals surface area contributed by atoms with Gasteiger partial charge in [0, 0.05) is 13.0 Å². The van der Waals surface area contributed by atoms with Crippen molar-refractivity contribution in [2.45, 2.75) is 24.9 Å². The average molecular weight is 206 g/mol. The van der Waals surface area contributed by atoms with Crippen molar-refractivity contribution in [2.75, 3.05) is 7.11 Å². The van der Waals surface area contributed by atoms with E-state index in [4.69, 9.17) is 9.84 Å². The summed E-state index contributed by atoms with van der Waals surface area (Å²) in [5.41, 5.74) is 2.35. The van der Waals surface area contributed by atoms with Gasteiger partial charge in [-0.1, -0.05) is 24.3 Å². The molecule has 1 N–H and O–H groups in total. The van der Waals surface area contributed by atoms with Crippen LogP contribution >= 0.6 is 0 Å². The Labute approximate surface area is 88.7 Å². The molecule has 3 nitrogen and oxygen atoms in total. The normalized spacial score (nSPS) is 23.8. The lowest BCUT2D eigenvalue weighted by Crippen LogP contribution is -2.19. The second-order valence-corrected chi connectivity index (χ2v) is 3.88. The molecular formula is C12H14O3. The van der Waals surface area contributed by atoms with Crippen LogP contribution in [0.4, 0.5) is 0 Å². The monoisotopic (exact) mass is 206 g/mol. The van der Waals surface area contributed by atoms with Crippen molar-refractivity contribution in [3.8, 4) is 0 Å². The Morgan fingerprint density at radius 1 is 1.53 bits per heavy atom. The largest absolute Gasteiger partial charge is 0.481 e. The van der Waals surface area contributed by atoms with E-state index in [0.29, 0.717) is 0 Å². The third kappa shape index (κ3) is 1.88. The summed E-state index contributed by atoms with van der Waals surface area (Å²) < 4.78 is 5.34. The van der Waals surface area contributed by atoms with E-state index >= 15 is 0 Å². The number of benzene rings is 1. The predicted octanol–water partition coefficient (Wildman–Crippen LogP) is 1.82. The molecule has 0 aliphatic heterocycles. The quantitative estimate of drug-likeness (QED) is 0.820. The Bertz CT molecular complexity index is 373. The minimum Gasteiger partial charge on any atom is -0.481 e. The van der Waals surface area contributed by atoms with Gasteiger partial charge in [0.05, 0.1) is 12.5 Å². The molecule has 1 aliphatic rings. The van der Waals surface area contributed by atoms with E-state index in [-0.39, 0.29) is 18.4 Å². The first kappa shape index (κ1) is 10.2. The third-order valence-corrected chi connectivity index (χ3v) is 3.02. The number of methoxy groups -OCH3 is 1. The second kappa shape index (κ2) is 4.03. The molecular weight excluding hydrogens is 192 g/mol. The van der Waals surface area contributed by atoms with Gasteiger partial charge in [0.1, 0.15) is 0 Å². The van der Waals surface area contributed by atoms with Crippen LogP contribution in [0.15, 0.2) is 24.3 Å². The number of carbonyl (C=O) groups is 1. The van der Waals surface area contributed by atoms with Crippen LogP contribution < -0.4 is 0 Å². The molecule has 1 aromatic rings. The smallest absolute Gasteiger partial charge is 0.304 e. The van der Waals surface area contributed by atoms with E-state index in [1.807, 2.05) is 24.3 Å². The van der Waals surface area contributed by atoms with Crippen LogP contribution in [0.3, 0.4) is 0 Å². The molecule has 0 fully saturated rings. The van der Waals surface area contributed by atoms with Gasteiger partial charge in [-0.25, -0.2) is 0 Å². The summed E-state index contributed by atoms with van der Waals surface area (Å²) in [7, 11) is 1.64. The van der Waals surface area contributed by atoms with Crippen LogP contribution in [0.5, 0.6) is 0 Å². The van der Waals surface area contributed by atoms with Crippen molar-refractivity contribution in [1.29, 1.82) is 0 Å². The molecule has 0 amide bonds. The van der Waals surface area contributed by atoms with Crippen molar-refractivity contribution in [2.24, 2.45) is 0 Å². The zero-order chi connectivity index (χ0) is 10.8. The summed E-state index contributed by atoms with van der Waals surface area (Å²) in [4.78, 5) is 10.8. The Balaban J connectivity index is 2.29. The minimum atomic E-state index is -0.765. The fraction of sp³-hybridized carbons (Fsp3) is 0.417. The van der Waals surface area contributed by atoms with Gasteiger partial charge in [0.25, 0.3) is 0 Å². The predicted molar refractivity (Wildman–Crippen MR) is 55.9 cm³/mol. The highest BCUT2D eigenvalue weighted by molar-refractivity contribution is 5.68. The van der Waals surface area contributed by atoms with Gasteiger partial charge < -0.3 is 9.84 Å². The highest BCUT2D eigenvalue weighted by Gasteiger charge is 2.33. The van der Waals surface area contributed by atoms with E-state index in [2.05, 4.69) is 0 Å². The van der Waals surface area contributed by atoms with Crippen molar-refractivity contribution < 1.29 is 14.6 Å². The molecule has 1 aliphatic carbocycles. The van der Waals surface area contributed by atoms with E-state index in [0.717, 1.165) is 12.0 Å². The van der Waals surface area contributed by atoms with E-state index in [1.54, 1.807) is 7.11 Å². The molecule has 0 saturated carbocycles. The summed E-state index contributed by atoms with van der Waals surface area (Å²) in [6, 6.07) is 7.98. The molecule has 80 valence electrons. The molecule has 3 heteroatoms. The molecule has 0 radical (unpaired) electrons. The molecule has 15 heavy (non-hydrogen) atoms. The lowest BCUT2D eigenvalue weighted by Gasteiger charge is -2.16. The fourth-order valence-electron chi connectivity index (χ4n) is 2.32. The number of hydrogen-bond acceptors (Lipinski definition) is 2. The van der Waals surface area contributed by atoms with Gasteiger partial charge in [-0.3, -0.25) is 4.79 Å². The SMILES string of the molecule is COC1Cc2ccccc2C1CC(=O)O. The topological polar surface area (TPSA) is 46.5 Å². The van der Waals surface area contributed by atoms with Gasteiger partial charge in [0.15, 0.2) is 0 Å². The van der Waals surface area contributed by atoms with Crippen LogP contribution in [-0.2, 0) is 16.0 Å². The number of rotatable bonds is 3. The number of carboxylic acid groups (broad SMARTS) is 1. The summed E-state index contributed by atoms with van der Waals surface area (Å²) in [6.45, 7) is 0. The number of fused-ring (bicyclic) bond motifs is 1. The first-order chi connectivity index (χ1) is 7.22. The van der Waals surface area contributed by atoms with Crippen molar-refractivity contribution >= 4 is 5.97 Å². The van der Waals surface area contributed by atoms with Gasteiger partial charge in [-0.15, -0.1) is 0 Å². The molecule has 2 rings (SSSR count). The Morgan fingerprint density at radius 3 is 2.93 bits per heavy atom. The van der Waals surface area contributed by atoms with Crippen LogP contribution in [-0.4, -0.2) is 24.3 Å². The van der Waals surface area contributed by atoms with Crippen LogP contribution in [0.1, 0.15) is 23.5 Å². The van der Waals surface area contributed by atoms with Gasteiger partial charge >= 0.3 is 5.97 Å². The summed E-state index contributed by atoms with van der Waals surface area (Å²) >= 11 is 0. The molecule has 0 spiro atoms. The molecule has 2 unspecified atom stereocenters. The van der Waals surface area contributed by atoms with Crippen LogP contribution in [0.25, 0.3) is 0 Å². The lowest BCUT2D eigenvalue weighted by atomic mass is 9.96. The minimum absolute atomic E-state index is 0.00343. The zero-order valence-corrected chi connectivity index (χ0v) is 8.64. The summed E-state index contributed by atoms with van der Waals surface area (Å²) in [6.07, 6.45) is 0.985. The third-order valence-electron chi connectivity index (χ3n) is 3.02. The summed E-state index contributed by atoms with van der Waals surface area (Å²) in [5, 5.41) is 8.86. The highest BCUT2D eigenvalue weighted by atomic mass is 16.5. The molecule has 0 aromatic heterocycles. The maximum absolute atomic E-state index is 10.8. The molecule has 2 atom stereocenters. The average Bonchev–Trinajstić information content (AvgIpc) is 2.56. The molecule has 1 aromatic carbocycles. The first-order valence-corrected chi connectivity index (χ1v) is 5.04. The summed E-state index contributed by atoms with van der Waals surface area (Å²) in [5.74, 6) is -0.762. The number of ether oxygens (including phenoxy) is 1. The number of aliphatic carboxylic acids is 1. The zero-order valence-electron chi connectivity index (χ0n) is 8.64. The molecule has 0 heterocycles. The number of carboxylic acids is 1. The Hall–Kier alpha value is -1.35. The van der Waals surface area contributed by atoms with Crippen molar-refractivity contribution in [3.63, 3.8) is 0 Å². The second-order valence-electron chi connectivity index (χ2n) is 3.88. The Kier molecular flexibility index (Phi) is 2.73. The fourth-order valence-corrected chi connectivity index (χ4v) is 2.32. The highest BCUT2D eigenvalue weighted by Crippen LogP contribution is 2.36. The van der Waals surface area contributed by atoms with Gasteiger partial charge in [-0.05, 0) is 17.5 Å². The van der Waals surface area contributed by atoms with E-state index in [9.17, 15) is 4.79 Å². The lowest BCUT2D eigenvalue weighted by molar-refractivity contribution is -0.138. The number of hydrogen-bond donors (Lipinski definition) is 1. The van der Waals surface area contributed by atoms with E-state index < -0.39 is 5.97 Å². The molecule has 0 saturated heterocycles. The maximum atomic E-state index is 10.8.